The molecule has 1 N–H and O–H groups in total. The van der Waals surface area contributed by atoms with Gasteiger partial charge in [0.25, 0.3) is 0 Å². The largest absolute Gasteiger partial charge is 0.478 e. The van der Waals surface area contributed by atoms with E-state index >= 15 is 0 Å². The molecule has 19 heavy (non-hydrogen) atoms. The number of hydrogen-bond donors (Lipinski definition) is 1. The molecule has 0 radical (unpaired) electrons. The van der Waals surface area contributed by atoms with Gasteiger partial charge in [0.1, 0.15) is 6.61 Å². The summed E-state index contributed by atoms with van der Waals surface area (Å²) in [5, 5.41) is 8.21. The summed E-state index contributed by atoms with van der Waals surface area (Å²) >= 11 is 0. The third-order valence-electron chi connectivity index (χ3n) is 1.98. The number of ether oxygens (including phenoxy) is 3. The fourth-order valence-corrected chi connectivity index (χ4v) is 0.833. The molecule has 0 aliphatic carbocycles. The van der Waals surface area contributed by atoms with Gasteiger partial charge in [-0.25, -0.2) is 9.59 Å². The second-order valence-corrected chi connectivity index (χ2v) is 3.95. The third kappa shape index (κ3) is 16.6. The fraction of sp³-hybridized carbons (Fsp3) is 0.692. The standard InChI is InChI=1S/C10H16O5.C3H6O/c1-2-3-6-14-7-8-15-10(13)5-4-9(11)12;1-3-2-4-3/h4-5H,2-3,6-8H2,1H3,(H,11,12);3H,2H2,1H3/b5-4-;. The van der Waals surface area contributed by atoms with Crippen LogP contribution in [-0.4, -0.2) is 49.6 Å². The summed E-state index contributed by atoms with van der Waals surface area (Å²) < 4.78 is 14.5. The first-order chi connectivity index (χ1) is 9.06. The Hall–Kier alpha value is -1.40. The van der Waals surface area contributed by atoms with Crippen molar-refractivity contribution >= 4 is 11.9 Å². The highest BCUT2D eigenvalue weighted by Gasteiger charge is 2.13. The number of unbranched alkanes of at least 4 members (excludes halogenated alkanes) is 1. The van der Waals surface area contributed by atoms with E-state index in [2.05, 4.69) is 18.6 Å². The third-order valence-corrected chi connectivity index (χ3v) is 1.98. The zero-order chi connectivity index (χ0) is 14.5. The number of esters is 1. The first-order valence-corrected chi connectivity index (χ1v) is 6.33. The van der Waals surface area contributed by atoms with Gasteiger partial charge in [0.2, 0.25) is 0 Å². The van der Waals surface area contributed by atoms with E-state index < -0.39 is 11.9 Å². The van der Waals surface area contributed by atoms with Crippen LogP contribution in [0, 0.1) is 0 Å². The van der Waals surface area contributed by atoms with Gasteiger partial charge >= 0.3 is 11.9 Å². The van der Waals surface area contributed by atoms with Crippen LogP contribution in [0.4, 0.5) is 0 Å². The van der Waals surface area contributed by atoms with Crippen LogP contribution < -0.4 is 0 Å². The molecule has 1 aliphatic heterocycles. The molecule has 0 aromatic heterocycles. The SMILES string of the molecule is CC1CO1.CCCCOCCOC(=O)/C=C\C(=O)O. The molecular formula is C13H22O6. The Bertz CT molecular complexity index is 283. The number of aliphatic carboxylic acids is 1. The van der Waals surface area contributed by atoms with Crippen LogP contribution in [0.25, 0.3) is 0 Å². The summed E-state index contributed by atoms with van der Waals surface area (Å²) in [5.41, 5.74) is 0. The van der Waals surface area contributed by atoms with Crippen LogP contribution >= 0.6 is 0 Å². The molecule has 1 saturated heterocycles. The Morgan fingerprint density at radius 3 is 2.42 bits per heavy atom. The number of carboxylic acids is 1. The van der Waals surface area contributed by atoms with Crippen molar-refractivity contribution < 1.29 is 28.9 Å². The minimum atomic E-state index is -1.17. The van der Waals surface area contributed by atoms with E-state index in [0.29, 0.717) is 19.3 Å². The van der Waals surface area contributed by atoms with Crippen molar-refractivity contribution in [3.63, 3.8) is 0 Å². The molecule has 0 saturated carbocycles. The first-order valence-electron chi connectivity index (χ1n) is 6.33. The molecule has 6 nitrogen and oxygen atoms in total. The van der Waals surface area contributed by atoms with Gasteiger partial charge in [0, 0.05) is 18.8 Å². The summed E-state index contributed by atoms with van der Waals surface area (Å²) in [6, 6.07) is 0. The monoisotopic (exact) mass is 274 g/mol. The summed E-state index contributed by atoms with van der Waals surface area (Å²) in [6.45, 7) is 6.23. The van der Waals surface area contributed by atoms with Crippen molar-refractivity contribution in [2.45, 2.75) is 32.8 Å². The first kappa shape index (κ1) is 17.6. The molecule has 0 spiro atoms. The predicted molar refractivity (Wildman–Crippen MR) is 68.9 cm³/mol. The van der Waals surface area contributed by atoms with E-state index in [1.807, 2.05) is 0 Å². The van der Waals surface area contributed by atoms with E-state index in [0.717, 1.165) is 31.6 Å². The number of epoxide rings is 1. The van der Waals surface area contributed by atoms with Crippen molar-refractivity contribution in [1.29, 1.82) is 0 Å². The average Bonchev–Trinajstić information content (AvgIpc) is 3.14. The van der Waals surface area contributed by atoms with Gasteiger partial charge in [-0.05, 0) is 13.3 Å². The van der Waals surface area contributed by atoms with Gasteiger partial charge < -0.3 is 19.3 Å². The van der Waals surface area contributed by atoms with Crippen LogP contribution in [0.3, 0.4) is 0 Å². The van der Waals surface area contributed by atoms with Crippen molar-refractivity contribution in [3.05, 3.63) is 12.2 Å². The number of carbonyl (C=O) groups is 2. The maximum atomic E-state index is 10.8. The van der Waals surface area contributed by atoms with E-state index in [1.165, 1.54) is 0 Å². The molecule has 1 atom stereocenters. The van der Waals surface area contributed by atoms with Gasteiger partial charge in [-0.3, -0.25) is 0 Å². The molecule has 0 aromatic rings. The van der Waals surface area contributed by atoms with Crippen molar-refractivity contribution in [2.24, 2.45) is 0 Å². The van der Waals surface area contributed by atoms with E-state index in [1.54, 1.807) is 0 Å². The quantitative estimate of drug-likeness (QED) is 0.311. The lowest BCUT2D eigenvalue weighted by atomic mass is 10.4. The Balaban J connectivity index is 0.000000678. The zero-order valence-corrected chi connectivity index (χ0v) is 11.5. The van der Waals surface area contributed by atoms with Gasteiger partial charge in [-0.15, -0.1) is 0 Å². The topological polar surface area (TPSA) is 85.4 Å². The summed E-state index contributed by atoms with van der Waals surface area (Å²) in [5.74, 6) is -1.84. The molecule has 1 aliphatic rings. The normalized spacial score (nSPS) is 16.6. The van der Waals surface area contributed by atoms with E-state index in [4.69, 9.17) is 14.6 Å². The number of rotatable bonds is 8. The van der Waals surface area contributed by atoms with Crippen LogP contribution in [0.2, 0.25) is 0 Å². The Morgan fingerprint density at radius 1 is 1.32 bits per heavy atom. The van der Waals surface area contributed by atoms with Crippen LogP contribution in [0.15, 0.2) is 12.2 Å². The summed E-state index contributed by atoms with van der Waals surface area (Å²) in [4.78, 5) is 20.8. The fourth-order valence-electron chi connectivity index (χ4n) is 0.833. The molecule has 0 amide bonds. The van der Waals surface area contributed by atoms with Crippen molar-refractivity contribution in [3.8, 4) is 0 Å². The minimum absolute atomic E-state index is 0.145. The molecule has 1 unspecified atom stereocenters. The van der Waals surface area contributed by atoms with Crippen molar-refractivity contribution in [2.75, 3.05) is 26.4 Å². The number of hydrogen-bond acceptors (Lipinski definition) is 5. The zero-order valence-electron chi connectivity index (χ0n) is 11.5. The van der Waals surface area contributed by atoms with E-state index in [-0.39, 0.29) is 6.61 Å². The van der Waals surface area contributed by atoms with Crippen LogP contribution in [0.5, 0.6) is 0 Å². The number of carboxylic acid groups (broad SMARTS) is 1. The van der Waals surface area contributed by atoms with Crippen LogP contribution in [0.1, 0.15) is 26.7 Å². The molecule has 1 rings (SSSR count). The molecule has 0 bridgehead atoms. The second kappa shape index (κ2) is 11.7. The lowest BCUT2D eigenvalue weighted by Crippen LogP contribution is -2.09. The second-order valence-electron chi connectivity index (χ2n) is 3.95. The molecular weight excluding hydrogens is 252 g/mol. The molecule has 6 heteroatoms. The molecule has 1 fully saturated rings. The highest BCUT2D eigenvalue weighted by molar-refractivity contribution is 5.90. The van der Waals surface area contributed by atoms with Crippen LogP contribution in [-0.2, 0) is 23.8 Å². The lowest BCUT2D eigenvalue weighted by molar-refractivity contribution is -0.140. The highest BCUT2D eigenvalue weighted by atomic mass is 16.6. The lowest BCUT2D eigenvalue weighted by Gasteiger charge is -2.03. The van der Waals surface area contributed by atoms with Crippen molar-refractivity contribution in [1.82, 2.24) is 0 Å². The predicted octanol–water partition coefficient (Wildman–Crippen LogP) is 1.39. The maximum absolute atomic E-state index is 10.8. The van der Waals surface area contributed by atoms with Gasteiger partial charge in [0.05, 0.1) is 19.3 Å². The minimum Gasteiger partial charge on any atom is -0.478 e. The van der Waals surface area contributed by atoms with E-state index in [9.17, 15) is 9.59 Å². The molecule has 1 heterocycles. The maximum Gasteiger partial charge on any atom is 0.331 e. The Labute approximate surface area is 113 Å². The smallest absolute Gasteiger partial charge is 0.331 e. The van der Waals surface area contributed by atoms with Gasteiger partial charge in [-0.1, -0.05) is 13.3 Å². The van der Waals surface area contributed by atoms with Gasteiger partial charge in [0.15, 0.2) is 0 Å². The number of carbonyl (C=O) groups excluding carboxylic acids is 1. The average molecular weight is 274 g/mol. The molecule has 110 valence electrons. The Kier molecular flexibility index (Phi) is 10.8. The Morgan fingerprint density at radius 2 is 1.95 bits per heavy atom. The highest BCUT2D eigenvalue weighted by Crippen LogP contribution is 2.04. The van der Waals surface area contributed by atoms with Gasteiger partial charge in [-0.2, -0.15) is 0 Å². The summed E-state index contributed by atoms with van der Waals surface area (Å²) in [7, 11) is 0. The summed E-state index contributed by atoms with van der Waals surface area (Å²) in [6.07, 6.45) is 4.22. The molecule has 0 aromatic carbocycles.